The maximum Gasteiger partial charge on any atom is 0.0751 e. The van der Waals surface area contributed by atoms with Gasteiger partial charge in [0.25, 0.3) is 0 Å². The SMILES string of the molecule is Cc1ccc(C2=C3CCC(C)CCCC3C(c3ccccc3)=NN2)cc1. The number of fused-ring (bicyclic) bond motifs is 1. The predicted octanol–water partition coefficient (Wildman–Crippen LogP) is 5.93. The fraction of sp³-hybridized carbons (Fsp3) is 0.375. The van der Waals surface area contributed by atoms with Gasteiger partial charge in [0.1, 0.15) is 0 Å². The van der Waals surface area contributed by atoms with Crippen LogP contribution in [0.2, 0.25) is 0 Å². The summed E-state index contributed by atoms with van der Waals surface area (Å²) in [6, 6.07) is 19.5. The number of nitrogens with zero attached hydrogens (tertiary/aromatic N) is 1. The quantitative estimate of drug-likeness (QED) is 0.717. The number of hydrogen-bond acceptors (Lipinski definition) is 2. The molecule has 2 atom stereocenters. The first-order valence-electron chi connectivity index (χ1n) is 9.91. The number of nitrogens with one attached hydrogen (secondary N) is 1. The monoisotopic (exact) mass is 344 g/mol. The molecular formula is C24H28N2. The van der Waals surface area contributed by atoms with Gasteiger partial charge in [-0.1, -0.05) is 79.9 Å². The lowest BCUT2D eigenvalue weighted by Crippen LogP contribution is -2.30. The molecule has 1 heterocycles. The van der Waals surface area contributed by atoms with Crippen molar-refractivity contribution in [1.29, 1.82) is 0 Å². The summed E-state index contributed by atoms with van der Waals surface area (Å²) in [5, 5.41) is 4.86. The third kappa shape index (κ3) is 3.46. The van der Waals surface area contributed by atoms with Crippen LogP contribution in [0.5, 0.6) is 0 Å². The average molecular weight is 345 g/mol. The van der Waals surface area contributed by atoms with E-state index in [0.717, 1.165) is 12.3 Å². The van der Waals surface area contributed by atoms with E-state index in [-0.39, 0.29) is 0 Å². The lowest BCUT2D eigenvalue weighted by molar-refractivity contribution is 0.420. The fourth-order valence-electron chi connectivity index (χ4n) is 4.28. The molecule has 134 valence electrons. The van der Waals surface area contributed by atoms with Gasteiger partial charge in [-0.2, -0.15) is 5.10 Å². The van der Waals surface area contributed by atoms with Gasteiger partial charge in [0.2, 0.25) is 0 Å². The van der Waals surface area contributed by atoms with Crippen LogP contribution in [0, 0.1) is 18.8 Å². The van der Waals surface area contributed by atoms with Gasteiger partial charge in [-0.3, -0.25) is 5.43 Å². The van der Waals surface area contributed by atoms with Crippen LogP contribution in [0.25, 0.3) is 5.70 Å². The minimum absolute atomic E-state index is 0.433. The number of hydrogen-bond donors (Lipinski definition) is 1. The first kappa shape index (κ1) is 17.1. The van der Waals surface area contributed by atoms with Crippen LogP contribution in [0.1, 0.15) is 55.7 Å². The summed E-state index contributed by atoms with van der Waals surface area (Å²) in [7, 11) is 0. The molecule has 2 aliphatic rings. The largest absolute Gasteiger partial charge is 0.278 e. The molecule has 2 nitrogen and oxygen atoms in total. The van der Waals surface area contributed by atoms with Crippen molar-refractivity contribution in [1.82, 2.24) is 5.43 Å². The second-order valence-corrected chi connectivity index (χ2v) is 7.87. The third-order valence-electron chi connectivity index (χ3n) is 5.87. The Hall–Kier alpha value is -2.35. The van der Waals surface area contributed by atoms with Crippen molar-refractivity contribution in [3.8, 4) is 0 Å². The van der Waals surface area contributed by atoms with Crippen LogP contribution in [-0.2, 0) is 0 Å². The summed E-state index contributed by atoms with van der Waals surface area (Å²) in [5.74, 6) is 1.24. The highest BCUT2D eigenvalue weighted by atomic mass is 15.3. The summed E-state index contributed by atoms with van der Waals surface area (Å²) in [4.78, 5) is 0. The van der Waals surface area contributed by atoms with Crippen LogP contribution < -0.4 is 5.43 Å². The number of rotatable bonds is 2. The highest BCUT2D eigenvalue weighted by molar-refractivity contribution is 6.05. The summed E-state index contributed by atoms with van der Waals surface area (Å²) in [6.07, 6.45) is 6.24. The zero-order chi connectivity index (χ0) is 17.9. The van der Waals surface area contributed by atoms with Gasteiger partial charge in [-0.25, -0.2) is 0 Å². The third-order valence-corrected chi connectivity index (χ3v) is 5.87. The Labute approximate surface area is 157 Å². The Kier molecular flexibility index (Phi) is 4.92. The second-order valence-electron chi connectivity index (χ2n) is 7.87. The van der Waals surface area contributed by atoms with Crippen molar-refractivity contribution in [2.75, 3.05) is 0 Å². The van der Waals surface area contributed by atoms with Crippen molar-refractivity contribution in [2.45, 2.75) is 46.0 Å². The molecule has 1 aliphatic carbocycles. The van der Waals surface area contributed by atoms with Crippen LogP contribution in [0.3, 0.4) is 0 Å². The molecule has 0 saturated heterocycles. The van der Waals surface area contributed by atoms with E-state index in [1.807, 2.05) is 0 Å². The Morgan fingerprint density at radius 1 is 0.885 bits per heavy atom. The summed E-state index contributed by atoms with van der Waals surface area (Å²) < 4.78 is 0. The van der Waals surface area contributed by atoms with Crippen LogP contribution in [-0.4, -0.2) is 5.71 Å². The fourth-order valence-corrected chi connectivity index (χ4v) is 4.28. The van der Waals surface area contributed by atoms with E-state index in [0.29, 0.717) is 5.92 Å². The molecule has 0 radical (unpaired) electrons. The Balaban J connectivity index is 1.76. The van der Waals surface area contributed by atoms with Crippen molar-refractivity contribution >= 4 is 11.4 Å². The number of allylic oxidation sites excluding steroid dienone is 1. The Morgan fingerprint density at radius 3 is 2.42 bits per heavy atom. The number of benzene rings is 2. The summed E-state index contributed by atoms with van der Waals surface area (Å²) >= 11 is 0. The second kappa shape index (κ2) is 7.49. The van der Waals surface area contributed by atoms with Gasteiger partial charge in [-0.15, -0.1) is 0 Å². The van der Waals surface area contributed by atoms with E-state index >= 15 is 0 Å². The zero-order valence-electron chi connectivity index (χ0n) is 15.8. The molecule has 2 heteroatoms. The maximum absolute atomic E-state index is 4.86. The van der Waals surface area contributed by atoms with Crippen molar-refractivity contribution in [3.05, 3.63) is 76.9 Å². The normalized spacial score (nSPS) is 23.4. The van der Waals surface area contributed by atoms with E-state index in [4.69, 9.17) is 5.10 Å². The van der Waals surface area contributed by atoms with E-state index in [1.165, 1.54) is 53.8 Å². The number of aryl methyl sites for hydroxylation is 1. The molecule has 2 aromatic carbocycles. The zero-order valence-corrected chi connectivity index (χ0v) is 15.8. The lowest BCUT2D eigenvalue weighted by Gasteiger charge is -2.32. The standard InChI is InChI=1S/C24H28N2/c1-17-7-6-10-21-22(16-13-17)24(20-14-11-18(2)12-15-20)26-25-23(21)19-8-4-3-5-9-19/h3-5,8-9,11-12,14-15,17,21,26H,6-7,10,13,16H2,1-2H3. The van der Waals surface area contributed by atoms with Crippen molar-refractivity contribution in [2.24, 2.45) is 16.9 Å². The molecule has 0 aromatic heterocycles. The van der Waals surface area contributed by atoms with E-state index in [2.05, 4.69) is 73.9 Å². The van der Waals surface area contributed by atoms with Crippen LogP contribution in [0.4, 0.5) is 0 Å². The molecule has 0 bridgehead atoms. The first-order valence-corrected chi connectivity index (χ1v) is 9.91. The van der Waals surface area contributed by atoms with Gasteiger partial charge in [0, 0.05) is 5.92 Å². The maximum atomic E-state index is 4.86. The smallest absolute Gasteiger partial charge is 0.0751 e. The van der Waals surface area contributed by atoms with E-state index in [1.54, 1.807) is 5.57 Å². The molecule has 2 aromatic rings. The molecule has 26 heavy (non-hydrogen) atoms. The van der Waals surface area contributed by atoms with Gasteiger partial charge in [0.15, 0.2) is 0 Å². The molecule has 1 aliphatic heterocycles. The lowest BCUT2D eigenvalue weighted by atomic mass is 9.77. The Bertz CT molecular complexity index is 815. The molecule has 2 unspecified atom stereocenters. The van der Waals surface area contributed by atoms with E-state index in [9.17, 15) is 0 Å². The van der Waals surface area contributed by atoms with Gasteiger partial charge < -0.3 is 0 Å². The average Bonchev–Trinajstić information content (AvgIpc) is 2.66. The molecule has 0 spiro atoms. The topological polar surface area (TPSA) is 24.4 Å². The number of hydrazone groups is 1. The first-order chi connectivity index (χ1) is 12.7. The van der Waals surface area contributed by atoms with Crippen molar-refractivity contribution in [3.63, 3.8) is 0 Å². The summed E-state index contributed by atoms with van der Waals surface area (Å²) in [6.45, 7) is 4.54. The molecule has 1 N–H and O–H groups in total. The minimum atomic E-state index is 0.433. The van der Waals surface area contributed by atoms with E-state index < -0.39 is 0 Å². The van der Waals surface area contributed by atoms with Gasteiger partial charge in [0.05, 0.1) is 11.4 Å². The van der Waals surface area contributed by atoms with Gasteiger partial charge >= 0.3 is 0 Å². The minimum Gasteiger partial charge on any atom is -0.278 e. The highest BCUT2D eigenvalue weighted by Crippen LogP contribution is 2.38. The van der Waals surface area contributed by atoms with Crippen LogP contribution >= 0.6 is 0 Å². The summed E-state index contributed by atoms with van der Waals surface area (Å²) in [5.41, 5.74) is 11.2. The molecule has 1 fully saturated rings. The molecule has 4 rings (SSSR count). The predicted molar refractivity (Wildman–Crippen MR) is 110 cm³/mol. The Morgan fingerprint density at radius 2 is 1.65 bits per heavy atom. The van der Waals surface area contributed by atoms with Gasteiger partial charge in [-0.05, 0) is 48.8 Å². The molecule has 1 saturated carbocycles. The van der Waals surface area contributed by atoms with Crippen molar-refractivity contribution < 1.29 is 0 Å². The van der Waals surface area contributed by atoms with Crippen LogP contribution in [0.15, 0.2) is 65.3 Å². The highest BCUT2D eigenvalue weighted by Gasteiger charge is 2.30. The molecular weight excluding hydrogens is 316 g/mol. The molecule has 0 amide bonds.